The Balaban J connectivity index is 1.16. The minimum atomic E-state index is 0.885. The van der Waals surface area contributed by atoms with Crippen LogP contribution in [0.2, 0.25) is 0 Å². The molecule has 60 heavy (non-hydrogen) atoms. The standard InChI is InChI=1S/C57H42N2O/c1-4-5-6-14-29-58(42-25-24-40-32-39-23-21-37(2)30-48(39)49(40)33-42)54-35-50-45-18-11-13-20-47(45)55(36-51(50)44-17-10-12-19-46(44)54)59(41-15-8-7-9-16-41)43-26-28-57-53(34-43)52-31-38(3)22-27-56(52)60-57/h4-31,33-36H,1,32H2,2-3H3/b6-5-,29-14+. The van der Waals surface area contributed by atoms with Crippen molar-refractivity contribution in [3.05, 3.63) is 223 Å². The molecule has 0 radical (unpaired) electrons. The van der Waals surface area contributed by atoms with Gasteiger partial charge < -0.3 is 14.2 Å². The van der Waals surface area contributed by atoms with Crippen molar-refractivity contribution in [2.45, 2.75) is 20.3 Å². The summed E-state index contributed by atoms with van der Waals surface area (Å²) >= 11 is 0. The van der Waals surface area contributed by atoms with E-state index in [1.807, 2.05) is 18.2 Å². The third kappa shape index (κ3) is 5.89. The molecule has 0 saturated heterocycles. The van der Waals surface area contributed by atoms with Gasteiger partial charge in [-0.15, -0.1) is 0 Å². The van der Waals surface area contributed by atoms with Crippen molar-refractivity contribution in [3.8, 4) is 11.1 Å². The molecule has 9 aromatic carbocycles. The molecule has 0 fully saturated rings. The molecule has 1 aliphatic rings. The van der Waals surface area contributed by atoms with Gasteiger partial charge in [-0.2, -0.15) is 0 Å². The largest absolute Gasteiger partial charge is 0.456 e. The highest BCUT2D eigenvalue weighted by Crippen LogP contribution is 2.48. The summed E-state index contributed by atoms with van der Waals surface area (Å²) in [5.41, 5.74) is 15.2. The van der Waals surface area contributed by atoms with Gasteiger partial charge in [0.1, 0.15) is 11.2 Å². The average Bonchev–Trinajstić information content (AvgIpc) is 3.83. The van der Waals surface area contributed by atoms with Crippen LogP contribution in [0.15, 0.2) is 205 Å². The Morgan fingerprint density at radius 3 is 1.78 bits per heavy atom. The molecule has 10 aromatic rings. The van der Waals surface area contributed by atoms with Crippen LogP contribution in [0.25, 0.3) is 65.4 Å². The molecule has 3 heteroatoms. The fourth-order valence-corrected chi connectivity index (χ4v) is 9.32. The summed E-state index contributed by atoms with van der Waals surface area (Å²) in [6.07, 6.45) is 11.1. The summed E-state index contributed by atoms with van der Waals surface area (Å²) < 4.78 is 6.34. The van der Waals surface area contributed by atoms with Crippen LogP contribution in [0.1, 0.15) is 22.3 Å². The second-order valence-corrected chi connectivity index (χ2v) is 15.9. The number of anilines is 5. The first-order valence-corrected chi connectivity index (χ1v) is 20.7. The minimum Gasteiger partial charge on any atom is -0.456 e. The van der Waals surface area contributed by atoms with E-state index in [-0.39, 0.29) is 0 Å². The number of hydrogen-bond acceptors (Lipinski definition) is 3. The van der Waals surface area contributed by atoms with Gasteiger partial charge in [0, 0.05) is 44.8 Å². The van der Waals surface area contributed by atoms with E-state index in [2.05, 4.69) is 206 Å². The van der Waals surface area contributed by atoms with Crippen LogP contribution >= 0.6 is 0 Å². The van der Waals surface area contributed by atoms with Crippen molar-refractivity contribution in [3.63, 3.8) is 0 Å². The minimum absolute atomic E-state index is 0.885. The van der Waals surface area contributed by atoms with Crippen LogP contribution in [0, 0.1) is 13.8 Å². The molecule has 0 bridgehead atoms. The van der Waals surface area contributed by atoms with E-state index < -0.39 is 0 Å². The SMILES string of the molecule is C=C/C=C\C=C\N(c1ccc2c(c1)-c1cc(C)ccc1C2)c1cc2c3ccccc3c(N(c3ccccc3)c3ccc4oc5ccc(C)cc5c4c3)cc2c2ccccc12. The molecule has 0 spiro atoms. The second kappa shape index (κ2) is 14.3. The van der Waals surface area contributed by atoms with E-state index in [0.717, 1.165) is 56.8 Å². The topological polar surface area (TPSA) is 19.6 Å². The summed E-state index contributed by atoms with van der Waals surface area (Å²) in [6.45, 7) is 8.22. The third-order valence-corrected chi connectivity index (χ3v) is 12.1. The maximum Gasteiger partial charge on any atom is 0.135 e. The predicted octanol–water partition coefficient (Wildman–Crippen LogP) is 16.1. The number of fused-ring (bicyclic) bond motifs is 11. The van der Waals surface area contributed by atoms with Crippen LogP contribution < -0.4 is 9.80 Å². The molecule has 1 heterocycles. The molecule has 0 atom stereocenters. The Kier molecular flexibility index (Phi) is 8.49. The van der Waals surface area contributed by atoms with Gasteiger partial charge in [-0.1, -0.05) is 133 Å². The van der Waals surface area contributed by atoms with E-state index in [9.17, 15) is 0 Å². The maximum absolute atomic E-state index is 6.34. The van der Waals surface area contributed by atoms with Crippen molar-refractivity contribution in [1.29, 1.82) is 0 Å². The Hall–Kier alpha value is -7.62. The summed E-state index contributed by atoms with van der Waals surface area (Å²) in [5.74, 6) is 0. The molecule has 0 aliphatic heterocycles. The van der Waals surface area contributed by atoms with Crippen LogP contribution in [-0.4, -0.2) is 0 Å². The van der Waals surface area contributed by atoms with E-state index >= 15 is 0 Å². The molecule has 11 rings (SSSR count). The first-order chi connectivity index (χ1) is 29.5. The van der Waals surface area contributed by atoms with Gasteiger partial charge in [0.05, 0.1) is 11.4 Å². The number of furan rings is 1. The number of benzene rings is 9. The van der Waals surface area contributed by atoms with Crippen molar-refractivity contribution in [1.82, 2.24) is 0 Å². The molecular formula is C57H42N2O. The van der Waals surface area contributed by atoms with Crippen molar-refractivity contribution >= 4 is 82.7 Å². The molecule has 0 amide bonds. The van der Waals surface area contributed by atoms with E-state index in [1.54, 1.807) is 0 Å². The number of hydrogen-bond donors (Lipinski definition) is 0. The molecular weight excluding hydrogens is 729 g/mol. The molecule has 1 aromatic heterocycles. The zero-order valence-electron chi connectivity index (χ0n) is 33.7. The average molecular weight is 771 g/mol. The Morgan fingerprint density at radius 1 is 0.450 bits per heavy atom. The number of nitrogens with zero attached hydrogens (tertiary/aromatic N) is 2. The smallest absolute Gasteiger partial charge is 0.135 e. The van der Waals surface area contributed by atoms with E-state index in [4.69, 9.17) is 4.42 Å². The number of aryl methyl sites for hydroxylation is 2. The number of para-hydroxylation sites is 1. The van der Waals surface area contributed by atoms with Crippen molar-refractivity contribution in [2.24, 2.45) is 0 Å². The molecule has 0 N–H and O–H groups in total. The number of rotatable bonds is 8. The second-order valence-electron chi connectivity index (χ2n) is 15.9. The Bertz CT molecular complexity index is 3400. The van der Waals surface area contributed by atoms with Gasteiger partial charge in [-0.25, -0.2) is 0 Å². The monoisotopic (exact) mass is 770 g/mol. The summed E-state index contributed by atoms with van der Waals surface area (Å²) in [5, 5.41) is 9.36. The zero-order valence-corrected chi connectivity index (χ0v) is 33.7. The molecule has 3 nitrogen and oxygen atoms in total. The highest BCUT2D eigenvalue weighted by molar-refractivity contribution is 6.24. The Morgan fingerprint density at radius 2 is 1.03 bits per heavy atom. The highest BCUT2D eigenvalue weighted by Gasteiger charge is 2.24. The first-order valence-electron chi connectivity index (χ1n) is 20.7. The van der Waals surface area contributed by atoms with Crippen molar-refractivity contribution < 1.29 is 4.42 Å². The van der Waals surface area contributed by atoms with Gasteiger partial charge in [-0.05, 0) is 137 Å². The van der Waals surface area contributed by atoms with Crippen LogP contribution in [0.4, 0.5) is 28.4 Å². The van der Waals surface area contributed by atoms with Crippen LogP contribution in [-0.2, 0) is 6.42 Å². The lowest BCUT2D eigenvalue weighted by atomic mass is 9.93. The van der Waals surface area contributed by atoms with Gasteiger partial charge in [0.2, 0.25) is 0 Å². The molecule has 0 unspecified atom stereocenters. The van der Waals surface area contributed by atoms with Crippen LogP contribution in [0.3, 0.4) is 0 Å². The lowest BCUT2D eigenvalue weighted by Crippen LogP contribution is -2.11. The highest BCUT2D eigenvalue weighted by atomic mass is 16.3. The van der Waals surface area contributed by atoms with Gasteiger partial charge in [-0.3, -0.25) is 0 Å². The first kappa shape index (κ1) is 35.5. The third-order valence-electron chi connectivity index (χ3n) is 12.1. The van der Waals surface area contributed by atoms with Crippen LogP contribution in [0.5, 0.6) is 0 Å². The lowest BCUT2D eigenvalue weighted by Gasteiger charge is -2.29. The van der Waals surface area contributed by atoms with Gasteiger partial charge >= 0.3 is 0 Å². The lowest BCUT2D eigenvalue weighted by molar-refractivity contribution is 0.669. The van der Waals surface area contributed by atoms with Gasteiger partial charge in [0.25, 0.3) is 0 Å². The molecule has 286 valence electrons. The summed E-state index contributed by atoms with van der Waals surface area (Å²) in [4.78, 5) is 4.76. The fourth-order valence-electron chi connectivity index (χ4n) is 9.32. The quantitative estimate of drug-likeness (QED) is 0.113. The fraction of sp³-hybridized carbons (Fsp3) is 0.0526. The van der Waals surface area contributed by atoms with E-state index in [1.165, 1.54) is 65.7 Å². The zero-order chi connectivity index (χ0) is 40.3. The Labute approximate surface area is 350 Å². The summed E-state index contributed by atoms with van der Waals surface area (Å²) in [7, 11) is 0. The number of allylic oxidation sites excluding steroid dienone is 4. The van der Waals surface area contributed by atoms with E-state index in [0.29, 0.717) is 0 Å². The molecule has 1 aliphatic carbocycles. The predicted molar refractivity (Wildman–Crippen MR) is 256 cm³/mol. The van der Waals surface area contributed by atoms with Crippen molar-refractivity contribution in [2.75, 3.05) is 9.80 Å². The maximum atomic E-state index is 6.34. The normalized spacial score (nSPS) is 12.4. The summed E-state index contributed by atoms with van der Waals surface area (Å²) in [6, 6.07) is 60.1. The molecule has 0 saturated carbocycles. The van der Waals surface area contributed by atoms with Gasteiger partial charge in [0.15, 0.2) is 0 Å².